The van der Waals surface area contributed by atoms with Crippen molar-refractivity contribution in [3.8, 4) is 17.1 Å². The Morgan fingerprint density at radius 1 is 0.964 bits per heavy atom. The monoisotopic (exact) mass is 432 g/mol. The summed E-state index contributed by atoms with van der Waals surface area (Å²) in [7, 11) is 0. The van der Waals surface area contributed by atoms with E-state index in [0.29, 0.717) is 11.5 Å². The van der Waals surface area contributed by atoms with E-state index in [-0.39, 0.29) is 11.7 Å². The third kappa shape index (κ3) is 3.87. The van der Waals surface area contributed by atoms with E-state index in [1.165, 1.54) is 0 Å². The van der Waals surface area contributed by atoms with Crippen LogP contribution in [0.3, 0.4) is 0 Å². The summed E-state index contributed by atoms with van der Waals surface area (Å²) in [6, 6.07) is 25.0. The molecule has 1 aromatic heterocycles. The Morgan fingerprint density at radius 3 is 2.43 bits per heavy atom. The van der Waals surface area contributed by atoms with Gasteiger partial charge in [0.05, 0.1) is 5.69 Å². The van der Waals surface area contributed by atoms with Gasteiger partial charge < -0.3 is 5.32 Å². The van der Waals surface area contributed by atoms with Crippen LogP contribution in [0.4, 0.5) is 5.69 Å². The summed E-state index contributed by atoms with van der Waals surface area (Å²) in [6.07, 6.45) is 0. The molecule has 1 N–H and O–H groups in total. The van der Waals surface area contributed by atoms with Gasteiger partial charge in [-0.05, 0) is 48.9 Å². The lowest BCUT2D eigenvalue weighted by atomic mass is 10.2. The van der Waals surface area contributed by atoms with Crippen LogP contribution in [0.2, 0.25) is 0 Å². The van der Waals surface area contributed by atoms with Crippen LogP contribution in [0, 0.1) is 6.92 Å². The zero-order valence-electron chi connectivity index (χ0n) is 15.1. The van der Waals surface area contributed by atoms with Crippen molar-refractivity contribution in [1.29, 1.82) is 0 Å². The molecular weight excluding hydrogens is 416 g/mol. The predicted molar refractivity (Wildman–Crippen MR) is 114 cm³/mol. The van der Waals surface area contributed by atoms with E-state index < -0.39 is 0 Å². The number of aryl methyl sites for hydroxylation is 1. The fourth-order valence-corrected chi connectivity index (χ4v) is 3.12. The van der Waals surface area contributed by atoms with Gasteiger partial charge in [-0.1, -0.05) is 58.4 Å². The maximum atomic E-state index is 12.8. The van der Waals surface area contributed by atoms with Gasteiger partial charge in [-0.15, -0.1) is 5.10 Å². The van der Waals surface area contributed by atoms with Crippen molar-refractivity contribution in [2.75, 3.05) is 5.32 Å². The molecule has 0 bridgehead atoms. The van der Waals surface area contributed by atoms with E-state index in [4.69, 9.17) is 0 Å². The molecule has 3 aromatic carbocycles. The van der Waals surface area contributed by atoms with Crippen molar-refractivity contribution in [3.63, 3.8) is 0 Å². The number of nitrogens with one attached hydrogen (secondary N) is 1. The number of amides is 1. The molecule has 0 saturated carbocycles. The van der Waals surface area contributed by atoms with Crippen LogP contribution in [-0.2, 0) is 0 Å². The molecule has 0 aliphatic heterocycles. The highest BCUT2D eigenvalue weighted by Crippen LogP contribution is 2.23. The van der Waals surface area contributed by atoms with Gasteiger partial charge in [0.2, 0.25) is 5.82 Å². The van der Waals surface area contributed by atoms with Crippen molar-refractivity contribution >= 4 is 27.5 Å². The molecule has 6 heteroatoms. The first kappa shape index (κ1) is 18.1. The Balaban J connectivity index is 1.74. The van der Waals surface area contributed by atoms with E-state index in [2.05, 4.69) is 31.3 Å². The topological polar surface area (TPSA) is 59.8 Å². The lowest BCUT2D eigenvalue weighted by molar-refractivity contribution is 0.101. The first-order valence-electron chi connectivity index (χ1n) is 8.76. The van der Waals surface area contributed by atoms with Crippen LogP contribution < -0.4 is 5.32 Å². The molecule has 0 saturated heterocycles. The van der Waals surface area contributed by atoms with Gasteiger partial charge in [0.1, 0.15) is 0 Å². The molecule has 5 nitrogen and oxygen atoms in total. The van der Waals surface area contributed by atoms with Gasteiger partial charge in [0, 0.05) is 15.7 Å². The van der Waals surface area contributed by atoms with Crippen molar-refractivity contribution < 1.29 is 4.79 Å². The second kappa shape index (κ2) is 7.78. The van der Waals surface area contributed by atoms with Crippen LogP contribution in [0.15, 0.2) is 83.3 Å². The average Bonchev–Trinajstić information content (AvgIpc) is 3.15. The SMILES string of the molecule is Cc1cccc(NC(=O)c2nc(-c3ccc(Br)cc3)n(-c3ccccc3)n2)c1. The van der Waals surface area contributed by atoms with Crippen molar-refractivity contribution in [3.05, 3.63) is 94.7 Å². The number of para-hydroxylation sites is 1. The van der Waals surface area contributed by atoms with E-state index in [1.807, 2.05) is 85.8 Å². The molecule has 0 radical (unpaired) electrons. The summed E-state index contributed by atoms with van der Waals surface area (Å²) < 4.78 is 2.66. The minimum atomic E-state index is -0.348. The molecule has 28 heavy (non-hydrogen) atoms. The number of carbonyl (C=O) groups excluding carboxylic acids is 1. The summed E-state index contributed by atoms with van der Waals surface area (Å²) in [4.78, 5) is 17.3. The summed E-state index contributed by atoms with van der Waals surface area (Å²) >= 11 is 3.45. The lowest BCUT2D eigenvalue weighted by Gasteiger charge is -2.05. The first-order valence-corrected chi connectivity index (χ1v) is 9.56. The number of benzene rings is 3. The molecule has 138 valence electrons. The third-order valence-electron chi connectivity index (χ3n) is 4.19. The van der Waals surface area contributed by atoms with Crippen LogP contribution in [0.5, 0.6) is 0 Å². The first-order chi connectivity index (χ1) is 13.6. The maximum Gasteiger partial charge on any atom is 0.295 e. The number of halogens is 1. The molecule has 0 aliphatic rings. The van der Waals surface area contributed by atoms with Crippen LogP contribution in [0.25, 0.3) is 17.1 Å². The molecule has 0 spiro atoms. The average molecular weight is 433 g/mol. The largest absolute Gasteiger partial charge is 0.319 e. The van der Waals surface area contributed by atoms with Crippen LogP contribution >= 0.6 is 15.9 Å². The van der Waals surface area contributed by atoms with E-state index in [1.54, 1.807) is 4.68 Å². The van der Waals surface area contributed by atoms with Gasteiger partial charge in [-0.2, -0.15) is 0 Å². The molecule has 0 atom stereocenters. The zero-order valence-corrected chi connectivity index (χ0v) is 16.7. The fraction of sp³-hybridized carbons (Fsp3) is 0.0455. The maximum absolute atomic E-state index is 12.8. The minimum Gasteiger partial charge on any atom is -0.319 e. The summed E-state index contributed by atoms with van der Waals surface area (Å²) in [5.41, 5.74) is 3.49. The van der Waals surface area contributed by atoms with Crippen molar-refractivity contribution in [2.24, 2.45) is 0 Å². The third-order valence-corrected chi connectivity index (χ3v) is 4.72. The highest BCUT2D eigenvalue weighted by atomic mass is 79.9. The highest BCUT2D eigenvalue weighted by molar-refractivity contribution is 9.10. The molecule has 0 fully saturated rings. The molecule has 4 aromatic rings. The van der Waals surface area contributed by atoms with Crippen LogP contribution in [-0.4, -0.2) is 20.7 Å². The zero-order chi connectivity index (χ0) is 19.5. The second-order valence-corrected chi connectivity index (χ2v) is 7.25. The summed E-state index contributed by atoms with van der Waals surface area (Å²) in [6.45, 7) is 1.98. The molecule has 1 amide bonds. The Morgan fingerprint density at radius 2 is 1.71 bits per heavy atom. The van der Waals surface area contributed by atoms with Gasteiger partial charge >= 0.3 is 0 Å². The van der Waals surface area contributed by atoms with E-state index in [0.717, 1.165) is 21.3 Å². The Kier molecular flexibility index (Phi) is 5.04. The number of hydrogen-bond acceptors (Lipinski definition) is 3. The molecule has 0 aliphatic carbocycles. The second-order valence-electron chi connectivity index (χ2n) is 6.34. The van der Waals surface area contributed by atoms with Gasteiger partial charge in [0.25, 0.3) is 5.91 Å². The highest BCUT2D eigenvalue weighted by Gasteiger charge is 2.19. The molecule has 4 rings (SSSR count). The molecule has 0 unspecified atom stereocenters. The predicted octanol–water partition coefficient (Wildman–Crippen LogP) is 5.26. The van der Waals surface area contributed by atoms with Crippen LogP contribution in [0.1, 0.15) is 16.2 Å². The van der Waals surface area contributed by atoms with Gasteiger partial charge in [0.15, 0.2) is 5.82 Å². The minimum absolute atomic E-state index is 0.114. The molecule has 1 heterocycles. The Labute approximate surface area is 171 Å². The summed E-state index contributed by atoms with van der Waals surface area (Å²) in [5.74, 6) is 0.370. The normalized spacial score (nSPS) is 10.6. The number of rotatable bonds is 4. The Hall–Kier alpha value is -3.25. The Bertz CT molecular complexity index is 1120. The molecular formula is C22H17BrN4O. The van der Waals surface area contributed by atoms with E-state index >= 15 is 0 Å². The van der Waals surface area contributed by atoms with Crippen molar-refractivity contribution in [2.45, 2.75) is 6.92 Å². The number of aromatic nitrogens is 3. The van der Waals surface area contributed by atoms with Gasteiger partial charge in [-0.25, -0.2) is 9.67 Å². The smallest absolute Gasteiger partial charge is 0.295 e. The fourth-order valence-electron chi connectivity index (χ4n) is 2.85. The number of anilines is 1. The lowest BCUT2D eigenvalue weighted by Crippen LogP contribution is -2.14. The quantitative estimate of drug-likeness (QED) is 0.478. The van der Waals surface area contributed by atoms with E-state index in [9.17, 15) is 4.79 Å². The number of carbonyl (C=O) groups is 1. The number of hydrogen-bond donors (Lipinski definition) is 1. The number of nitrogens with zero attached hydrogens (tertiary/aromatic N) is 3. The van der Waals surface area contributed by atoms with Crippen molar-refractivity contribution in [1.82, 2.24) is 14.8 Å². The summed E-state index contributed by atoms with van der Waals surface area (Å²) in [5, 5.41) is 7.35. The standard InChI is InChI=1S/C22H17BrN4O/c1-15-6-5-7-18(14-15)24-22(28)20-25-21(16-10-12-17(23)13-11-16)27(26-20)19-8-3-2-4-9-19/h2-14H,1H3,(H,24,28). The van der Waals surface area contributed by atoms with Gasteiger partial charge in [-0.3, -0.25) is 4.79 Å².